The molecule has 0 amide bonds. The molecule has 2 aromatic rings. The van der Waals surface area contributed by atoms with Crippen LogP contribution < -0.4 is 0 Å². The van der Waals surface area contributed by atoms with Crippen molar-refractivity contribution in [1.82, 2.24) is 9.97 Å². The zero-order valence-electron chi connectivity index (χ0n) is 8.70. The van der Waals surface area contributed by atoms with Gasteiger partial charge in [0, 0.05) is 11.1 Å². The van der Waals surface area contributed by atoms with E-state index in [0.29, 0.717) is 23.1 Å². The number of rotatable bonds is 3. The maximum absolute atomic E-state index is 12.9. The number of aromatic amines is 1. The van der Waals surface area contributed by atoms with Gasteiger partial charge >= 0.3 is 5.97 Å². The van der Waals surface area contributed by atoms with Crippen LogP contribution in [0.1, 0.15) is 25.0 Å². The molecule has 0 fully saturated rings. The third-order valence-electron chi connectivity index (χ3n) is 2.54. The van der Waals surface area contributed by atoms with Gasteiger partial charge in [-0.3, -0.25) is 4.79 Å². The van der Waals surface area contributed by atoms with Gasteiger partial charge in [-0.2, -0.15) is 0 Å². The van der Waals surface area contributed by atoms with E-state index in [1.165, 1.54) is 6.07 Å². The summed E-state index contributed by atoms with van der Waals surface area (Å²) in [6.07, 6.45) is 1.58. The fourth-order valence-corrected chi connectivity index (χ4v) is 1.73. The standard InChI is InChI=1S/C11H11FN2O2/c1-2-8(11(15)16)9-4-6-3-7(12)5-13-10(6)14-9/h3-5,8H,2H2,1H3,(H,13,14)(H,15,16). The van der Waals surface area contributed by atoms with Crippen molar-refractivity contribution < 1.29 is 14.3 Å². The van der Waals surface area contributed by atoms with Gasteiger partial charge < -0.3 is 10.1 Å². The Balaban J connectivity index is 2.49. The van der Waals surface area contributed by atoms with E-state index in [4.69, 9.17) is 5.11 Å². The van der Waals surface area contributed by atoms with Gasteiger partial charge in [-0.05, 0) is 18.6 Å². The van der Waals surface area contributed by atoms with Crippen molar-refractivity contribution >= 4 is 17.0 Å². The van der Waals surface area contributed by atoms with Crippen molar-refractivity contribution in [2.75, 3.05) is 0 Å². The fraction of sp³-hybridized carbons (Fsp3) is 0.273. The molecule has 0 aliphatic heterocycles. The predicted molar refractivity (Wildman–Crippen MR) is 56.7 cm³/mol. The van der Waals surface area contributed by atoms with Gasteiger partial charge in [0.1, 0.15) is 11.5 Å². The summed E-state index contributed by atoms with van der Waals surface area (Å²) in [7, 11) is 0. The molecule has 0 spiro atoms. The van der Waals surface area contributed by atoms with Crippen LogP contribution in [0.25, 0.3) is 11.0 Å². The van der Waals surface area contributed by atoms with Crippen molar-refractivity contribution in [3.05, 3.63) is 29.8 Å². The van der Waals surface area contributed by atoms with Crippen LogP contribution in [0.3, 0.4) is 0 Å². The number of hydrogen-bond acceptors (Lipinski definition) is 2. The first-order valence-corrected chi connectivity index (χ1v) is 4.98. The number of pyridine rings is 1. The van der Waals surface area contributed by atoms with Crippen molar-refractivity contribution in [3.63, 3.8) is 0 Å². The fourth-order valence-electron chi connectivity index (χ4n) is 1.73. The van der Waals surface area contributed by atoms with Crippen molar-refractivity contribution in [2.45, 2.75) is 19.3 Å². The largest absolute Gasteiger partial charge is 0.481 e. The monoisotopic (exact) mass is 222 g/mol. The zero-order chi connectivity index (χ0) is 11.7. The summed E-state index contributed by atoms with van der Waals surface area (Å²) in [5.74, 6) is -1.92. The van der Waals surface area contributed by atoms with Crippen LogP contribution in [-0.4, -0.2) is 21.0 Å². The van der Waals surface area contributed by atoms with E-state index < -0.39 is 17.7 Å². The molecule has 0 aliphatic carbocycles. The van der Waals surface area contributed by atoms with Crippen molar-refractivity contribution in [3.8, 4) is 0 Å². The highest BCUT2D eigenvalue weighted by Crippen LogP contribution is 2.23. The Morgan fingerprint density at radius 3 is 3.00 bits per heavy atom. The Labute approximate surface area is 91.1 Å². The van der Waals surface area contributed by atoms with E-state index in [0.717, 1.165) is 6.20 Å². The molecule has 0 saturated carbocycles. The highest BCUT2D eigenvalue weighted by molar-refractivity contribution is 5.81. The van der Waals surface area contributed by atoms with Crippen molar-refractivity contribution in [1.29, 1.82) is 0 Å². The van der Waals surface area contributed by atoms with E-state index in [1.54, 1.807) is 13.0 Å². The molecule has 0 bridgehead atoms. The Morgan fingerprint density at radius 1 is 1.62 bits per heavy atom. The minimum absolute atomic E-state index is 0.429. The zero-order valence-corrected chi connectivity index (χ0v) is 8.70. The van der Waals surface area contributed by atoms with E-state index in [2.05, 4.69) is 9.97 Å². The molecule has 0 aliphatic rings. The number of carboxylic acids is 1. The number of hydrogen-bond donors (Lipinski definition) is 2. The molecular formula is C11H11FN2O2. The molecule has 2 aromatic heterocycles. The summed E-state index contributed by atoms with van der Waals surface area (Å²) in [5.41, 5.74) is 1.07. The van der Waals surface area contributed by atoms with Crippen LogP contribution in [0.5, 0.6) is 0 Å². The lowest BCUT2D eigenvalue weighted by Crippen LogP contribution is -2.10. The molecule has 84 valence electrons. The Hall–Kier alpha value is -1.91. The molecule has 1 atom stereocenters. The van der Waals surface area contributed by atoms with Crippen LogP contribution in [-0.2, 0) is 4.79 Å². The molecule has 0 saturated heterocycles. The minimum atomic E-state index is -0.894. The van der Waals surface area contributed by atoms with Gasteiger partial charge in [-0.15, -0.1) is 0 Å². The predicted octanol–water partition coefficient (Wildman–Crippen LogP) is 2.28. The Morgan fingerprint density at radius 2 is 2.38 bits per heavy atom. The first-order chi connectivity index (χ1) is 7.61. The van der Waals surface area contributed by atoms with Gasteiger partial charge in [0.25, 0.3) is 0 Å². The lowest BCUT2D eigenvalue weighted by molar-refractivity contribution is -0.138. The van der Waals surface area contributed by atoms with Crippen LogP contribution in [0.2, 0.25) is 0 Å². The molecular weight excluding hydrogens is 211 g/mol. The van der Waals surface area contributed by atoms with E-state index in [1.807, 2.05) is 0 Å². The molecule has 0 radical (unpaired) electrons. The molecule has 0 aromatic carbocycles. The molecule has 4 nitrogen and oxygen atoms in total. The first-order valence-electron chi connectivity index (χ1n) is 4.98. The summed E-state index contributed by atoms with van der Waals surface area (Å²) in [5, 5.41) is 9.58. The summed E-state index contributed by atoms with van der Waals surface area (Å²) in [6, 6.07) is 2.96. The average Bonchev–Trinajstić information content (AvgIpc) is 2.60. The second-order valence-corrected chi connectivity index (χ2v) is 3.62. The number of halogens is 1. The number of nitrogens with zero attached hydrogens (tertiary/aromatic N) is 1. The van der Waals surface area contributed by atoms with E-state index in [-0.39, 0.29) is 0 Å². The van der Waals surface area contributed by atoms with Gasteiger partial charge in [-0.25, -0.2) is 9.37 Å². The van der Waals surface area contributed by atoms with Crippen LogP contribution in [0.4, 0.5) is 4.39 Å². The molecule has 2 heterocycles. The van der Waals surface area contributed by atoms with E-state index in [9.17, 15) is 9.18 Å². The number of aliphatic carboxylic acids is 1. The number of aromatic nitrogens is 2. The summed E-state index contributed by atoms with van der Waals surface area (Å²) in [6.45, 7) is 1.79. The number of fused-ring (bicyclic) bond motifs is 1. The van der Waals surface area contributed by atoms with Crippen LogP contribution >= 0.6 is 0 Å². The number of carbonyl (C=O) groups is 1. The normalized spacial score (nSPS) is 12.9. The average molecular weight is 222 g/mol. The van der Waals surface area contributed by atoms with Crippen LogP contribution in [0, 0.1) is 5.82 Å². The third kappa shape index (κ3) is 1.76. The maximum atomic E-state index is 12.9. The lowest BCUT2D eigenvalue weighted by Gasteiger charge is -2.05. The highest BCUT2D eigenvalue weighted by Gasteiger charge is 2.19. The van der Waals surface area contributed by atoms with Crippen LogP contribution in [0.15, 0.2) is 18.3 Å². The third-order valence-corrected chi connectivity index (χ3v) is 2.54. The topological polar surface area (TPSA) is 66.0 Å². The number of nitrogens with one attached hydrogen (secondary N) is 1. The Kier molecular flexibility index (Phi) is 2.60. The quantitative estimate of drug-likeness (QED) is 0.837. The molecule has 16 heavy (non-hydrogen) atoms. The molecule has 5 heteroatoms. The lowest BCUT2D eigenvalue weighted by atomic mass is 10.0. The number of H-pyrrole nitrogens is 1. The first kappa shape index (κ1) is 10.6. The molecule has 2 N–H and O–H groups in total. The highest BCUT2D eigenvalue weighted by atomic mass is 19.1. The summed E-state index contributed by atoms with van der Waals surface area (Å²) < 4.78 is 12.9. The van der Waals surface area contributed by atoms with Crippen molar-refractivity contribution in [2.24, 2.45) is 0 Å². The SMILES string of the molecule is CCC(C(=O)O)c1cc2cc(F)cnc2[nH]1. The number of carboxylic acid groups (broad SMARTS) is 1. The maximum Gasteiger partial charge on any atom is 0.312 e. The van der Waals surface area contributed by atoms with Gasteiger partial charge in [-0.1, -0.05) is 6.92 Å². The van der Waals surface area contributed by atoms with Gasteiger partial charge in [0.15, 0.2) is 0 Å². The minimum Gasteiger partial charge on any atom is -0.481 e. The Bertz CT molecular complexity index is 536. The summed E-state index contributed by atoms with van der Waals surface area (Å²) >= 11 is 0. The van der Waals surface area contributed by atoms with Gasteiger partial charge in [0.05, 0.1) is 12.1 Å². The molecule has 1 unspecified atom stereocenters. The van der Waals surface area contributed by atoms with Gasteiger partial charge in [0.2, 0.25) is 0 Å². The second-order valence-electron chi connectivity index (χ2n) is 3.62. The smallest absolute Gasteiger partial charge is 0.312 e. The molecule has 2 rings (SSSR count). The summed E-state index contributed by atoms with van der Waals surface area (Å²) in [4.78, 5) is 17.7. The second kappa shape index (κ2) is 3.92. The van der Waals surface area contributed by atoms with E-state index >= 15 is 0 Å².